The van der Waals surface area contributed by atoms with Crippen LogP contribution in [0.15, 0.2) is 30.3 Å². The van der Waals surface area contributed by atoms with Crippen molar-refractivity contribution in [3.63, 3.8) is 0 Å². The lowest BCUT2D eigenvalue weighted by atomic mass is 10.3. The molecule has 98 valence electrons. The lowest BCUT2D eigenvalue weighted by molar-refractivity contribution is 0.252. The van der Waals surface area contributed by atoms with Crippen LogP contribution in [-0.4, -0.2) is 30.6 Å². The Hall–Kier alpha value is -1.02. The van der Waals surface area contributed by atoms with Crippen molar-refractivity contribution in [3.05, 3.63) is 30.3 Å². The predicted molar refractivity (Wildman–Crippen MR) is 76.9 cm³/mol. The fourth-order valence-electron chi connectivity index (χ4n) is 2.57. The average Bonchev–Trinajstić information content (AvgIpc) is 3.28. The number of hydrogen-bond acceptors (Lipinski definition) is 2. The van der Waals surface area contributed by atoms with Crippen LogP contribution in [0.2, 0.25) is 0 Å². The molecule has 0 aliphatic heterocycles. The number of hydrogen-bond donors (Lipinski definition) is 1. The maximum absolute atomic E-state index is 3.50. The SMILES string of the molecule is c1ccc(NCCCN(CC2CC2)C2CC2)cc1. The Labute approximate surface area is 110 Å². The molecule has 0 radical (unpaired) electrons. The van der Waals surface area contributed by atoms with E-state index in [1.165, 1.54) is 50.9 Å². The molecule has 2 nitrogen and oxygen atoms in total. The summed E-state index contributed by atoms with van der Waals surface area (Å²) in [6, 6.07) is 11.5. The van der Waals surface area contributed by atoms with E-state index in [1.807, 2.05) is 0 Å². The second kappa shape index (κ2) is 5.75. The minimum absolute atomic E-state index is 0.933. The zero-order valence-corrected chi connectivity index (χ0v) is 11.1. The molecule has 3 rings (SSSR count). The summed E-state index contributed by atoms with van der Waals surface area (Å²) in [6.07, 6.45) is 7.10. The largest absolute Gasteiger partial charge is 0.385 e. The van der Waals surface area contributed by atoms with Crippen molar-refractivity contribution in [2.75, 3.05) is 25.0 Å². The molecule has 2 fully saturated rings. The van der Waals surface area contributed by atoms with Gasteiger partial charge in [-0.3, -0.25) is 0 Å². The number of nitrogens with zero attached hydrogens (tertiary/aromatic N) is 1. The highest BCUT2D eigenvalue weighted by Crippen LogP contribution is 2.34. The molecule has 1 aromatic rings. The summed E-state index contributed by atoms with van der Waals surface area (Å²) in [5, 5.41) is 3.50. The molecule has 2 saturated carbocycles. The van der Waals surface area contributed by atoms with E-state index >= 15 is 0 Å². The Balaban J connectivity index is 1.35. The molecule has 0 unspecified atom stereocenters. The maximum atomic E-state index is 3.50. The highest BCUT2D eigenvalue weighted by Gasteiger charge is 2.32. The molecule has 0 saturated heterocycles. The van der Waals surface area contributed by atoms with Gasteiger partial charge in [0, 0.05) is 31.4 Å². The Morgan fingerprint density at radius 2 is 1.83 bits per heavy atom. The standard InChI is InChI=1S/C16H24N2/c1-2-5-15(6-3-1)17-11-4-12-18(16-9-10-16)13-14-7-8-14/h1-3,5-6,14,16-17H,4,7-13H2. The monoisotopic (exact) mass is 244 g/mol. The van der Waals surface area contributed by atoms with E-state index in [4.69, 9.17) is 0 Å². The Bertz CT molecular complexity index is 355. The van der Waals surface area contributed by atoms with Crippen molar-refractivity contribution in [2.24, 2.45) is 5.92 Å². The van der Waals surface area contributed by atoms with E-state index < -0.39 is 0 Å². The van der Waals surface area contributed by atoms with Gasteiger partial charge in [-0.2, -0.15) is 0 Å². The summed E-state index contributed by atoms with van der Waals surface area (Å²) < 4.78 is 0. The zero-order chi connectivity index (χ0) is 12.2. The molecule has 0 aromatic heterocycles. The van der Waals surface area contributed by atoms with Crippen molar-refractivity contribution in [3.8, 4) is 0 Å². The summed E-state index contributed by atoms with van der Waals surface area (Å²) in [6.45, 7) is 3.74. The van der Waals surface area contributed by atoms with Gasteiger partial charge in [0.15, 0.2) is 0 Å². The number of rotatable bonds is 8. The quantitative estimate of drug-likeness (QED) is 0.705. The van der Waals surface area contributed by atoms with Gasteiger partial charge in [0.1, 0.15) is 0 Å². The summed E-state index contributed by atoms with van der Waals surface area (Å²) in [4.78, 5) is 2.74. The van der Waals surface area contributed by atoms with Crippen LogP contribution < -0.4 is 5.32 Å². The van der Waals surface area contributed by atoms with Crippen molar-refractivity contribution in [2.45, 2.75) is 38.1 Å². The lowest BCUT2D eigenvalue weighted by Crippen LogP contribution is -2.30. The molecule has 1 aromatic carbocycles. The summed E-state index contributed by atoms with van der Waals surface area (Å²) >= 11 is 0. The van der Waals surface area contributed by atoms with E-state index in [0.29, 0.717) is 0 Å². The van der Waals surface area contributed by atoms with E-state index in [2.05, 4.69) is 40.5 Å². The van der Waals surface area contributed by atoms with Crippen LogP contribution in [0.4, 0.5) is 5.69 Å². The van der Waals surface area contributed by atoms with Crippen LogP contribution in [0.25, 0.3) is 0 Å². The highest BCUT2D eigenvalue weighted by atomic mass is 15.2. The molecule has 2 aliphatic carbocycles. The molecule has 2 heteroatoms. The van der Waals surface area contributed by atoms with Crippen molar-refractivity contribution in [1.29, 1.82) is 0 Å². The Morgan fingerprint density at radius 1 is 1.06 bits per heavy atom. The minimum Gasteiger partial charge on any atom is -0.385 e. The highest BCUT2D eigenvalue weighted by molar-refractivity contribution is 5.42. The van der Waals surface area contributed by atoms with Crippen molar-refractivity contribution < 1.29 is 0 Å². The molecule has 0 spiro atoms. The molecule has 1 N–H and O–H groups in total. The van der Waals surface area contributed by atoms with E-state index in [1.54, 1.807) is 0 Å². The first kappa shape index (κ1) is 12.0. The van der Waals surface area contributed by atoms with Crippen LogP contribution >= 0.6 is 0 Å². The second-order valence-corrected chi connectivity index (χ2v) is 5.82. The van der Waals surface area contributed by atoms with Gasteiger partial charge in [0.25, 0.3) is 0 Å². The van der Waals surface area contributed by atoms with Gasteiger partial charge >= 0.3 is 0 Å². The fraction of sp³-hybridized carbons (Fsp3) is 0.625. The van der Waals surface area contributed by atoms with Crippen molar-refractivity contribution in [1.82, 2.24) is 4.90 Å². The first-order valence-corrected chi connectivity index (χ1v) is 7.45. The molecular weight excluding hydrogens is 220 g/mol. The summed E-state index contributed by atoms with van der Waals surface area (Å²) in [5.74, 6) is 1.03. The number of para-hydroxylation sites is 1. The molecule has 18 heavy (non-hydrogen) atoms. The summed E-state index contributed by atoms with van der Waals surface area (Å²) in [5.41, 5.74) is 1.25. The Kier molecular flexibility index (Phi) is 3.84. The van der Waals surface area contributed by atoms with Crippen LogP contribution in [0.1, 0.15) is 32.1 Å². The van der Waals surface area contributed by atoms with E-state index in [0.717, 1.165) is 18.5 Å². The molecule has 2 aliphatic rings. The first-order chi connectivity index (χ1) is 8.92. The maximum Gasteiger partial charge on any atom is 0.0340 e. The van der Waals surface area contributed by atoms with Gasteiger partial charge in [-0.25, -0.2) is 0 Å². The lowest BCUT2D eigenvalue weighted by Gasteiger charge is -2.21. The zero-order valence-electron chi connectivity index (χ0n) is 11.1. The van der Waals surface area contributed by atoms with E-state index in [9.17, 15) is 0 Å². The topological polar surface area (TPSA) is 15.3 Å². The molecule has 0 atom stereocenters. The van der Waals surface area contributed by atoms with E-state index in [-0.39, 0.29) is 0 Å². The van der Waals surface area contributed by atoms with Gasteiger partial charge in [-0.1, -0.05) is 18.2 Å². The molecule has 0 bridgehead atoms. The van der Waals surface area contributed by atoms with Gasteiger partial charge < -0.3 is 10.2 Å². The summed E-state index contributed by atoms with van der Waals surface area (Å²) in [7, 11) is 0. The Morgan fingerprint density at radius 3 is 2.50 bits per heavy atom. The van der Waals surface area contributed by atoms with Crippen LogP contribution in [0.5, 0.6) is 0 Å². The third-order valence-corrected chi connectivity index (χ3v) is 3.98. The number of nitrogens with one attached hydrogen (secondary N) is 1. The average molecular weight is 244 g/mol. The molecule has 0 amide bonds. The first-order valence-electron chi connectivity index (χ1n) is 7.45. The third kappa shape index (κ3) is 3.74. The second-order valence-electron chi connectivity index (χ2n) is 5.82. The molecule has 0 heterocycles. The van der Waals surface area contributed by atoms with Crippen LogP contribution in [0, 0.1) is 5.92 Å². The molecular formula is C16H24N2. The normalized spacial score (nSPS) is 19.2. The van der Waals surface area contributed by atoms with Gasteiger partial charge in [0.2, 0.25) is 0 Å². The van der Waals surface area contributed by atoms with Gasteiger partial charge in [0.05, 0.1) is 0 Å². The van der Waals surface area contributed by atoms with Gasteiger partial charge in [-0.15, -0.1) is 0 Å². The predicted octanol–water partition coefficient (Wildman–Crippen LogP) is 3.36. The van der Waals surface area contributed by atoms with Crippen molar-refractivity contribution >= 4 is 5.69 Å². The number of benzene rings is 1. The third-order valence-electron chi connectivity index (χ3n) is 3.98. The van der Waals surface area contributed by atoms with Crippen LogP contribution in [-0.2, 0) is 0 Å². The fourth-order valence-corrected chi connectivity index (χ4v) is 2.57. The van der Waals surface area contributed by atoms with Crippen LogP contribution in [0.3, 0.4) is 0 Å². The minimum atomic E-state index is 0.933. The van der Waals surface area contributed by atoms with Gasteiger partial charge in [-0.05, 0) is 50.2 Å². The number of anilines is 1. The smallest absolute Gasteiger partial charge is 0.0340 e.